The van der Waals surface area contributed by atoms with E-state index >= 15 is 0 Å². The number of nitrogens with zero attached hydrogens (tertiary/aromatic N) is 2. The molecule has 1 aliphatic rings. The average Bonchev–Trinajstić information content (AvgIpc) is 3.40. The highest BCUT2D eigenvalue weighted by molar-refractivity contribution is 7.13. The normalized spacial score (nSPS) is 14.6. The molecule has 170 valence electrons. The highest BCUT2D eigenvalue weighted by Gasteiger charge is 2.23. The van der Waals surface area contributed by atoms with Crippen molar-refractivity contribution in [3.8, 4) is 22.0 Å². The maximum Gasteiger partial charge on any atom is 0.253 e. The third kappa shape index (κ3) is 4.96. The fraction of sp³-hybridized carbons (Fsp3) is 0.462. The van der Waals surface area contributed by atoms with E-state index in [2.05, 4.69) is 16.8 Å². The zero-order valence-electron chi connectivity index (χ0n) is 19.0. The first-order valence-corrected chi connectivity index (χ1v) is 12.7. The quantitative estimate of drug-likeness (QED) is 0.380. The number of rotatable bonds is 8. The molecule has 1 aliphatic carbocycles. The molecule has 1 N–H and O–H groups in total. The highest BCUT2D eigenvalue weighted by atomic mass is 32.1. The van der Waals surface area contributed by atoms with Crippen molar-refractivity contribution < 1.29 is 9.18 Å². The van der Waals surface area contributed by atoms with Crippen molar-refractivity contribution in [1.29, 1.82) is 0 Å². The number of amides is 1. The summed E-state index contributed by atoms with van der Waals surface area (Å²) in [4.78, 5) is 17.7. The number of unbranched alkanes of at least 4 members (excludes halogenated alkanes) is 1. The Hall–Kier alpha value is -2.47. The second kappa shape index (κ2) is 10.4. The summed E-state index contributed by atoms with van der Waals surface area (Å²) in [5.41, 5.74) is 3.98. The number of thiazole rings is 1. The van der Waals surface area contributed by atoms with Gasteiger partial charge in [0.25, 0.3) is 5.91 Å². The van der Waals surface area contributed by atoms with Crippen LogP contribution in [0.25, 0.3) is 22.0 Å². The molecule has 1 saturated carbocycles. The third-order valence-corrected chi connectivity index (χ3v) is 7.34. The molecule has 1 fully saturated rings. The molecule has 0 unspecified atom stereocenters. The van der Waals surface area contributed by atoms with Crippen LogP contribution in [-0.4, -0.2) is 22.0 Å². The van der Waals surface area contributed by atoms with Crippen molar-refractivity contribution in [2.24, 2.45) is 5.92 Å². The molecule has 1 amide bonds. The van der Waals surface area contributed by atoms with Crippen LogP contribution in [0.4, 0.5) is 4.39 Å². The van der Waals surface area contributed by atoms with Crippen molar-refractivity contribution >= 4 is 17.2 Å². The Morgan fingerprint density at radius 1 is 1.25 bits per heavy atom. The zero-order chi connectivity index (χ0) is 22.5. The van der Waals surface area contributed by atoms with Crippen LogP contribution in [-0.2, 0) is 6.54 Å². The lowest BCUT2D eigenvalue weighted by atomic mass is 9.89. The van der Waals surface area contributed by atoms with Crippen molar-refractivity contribution in [3.05, 3.63) is 52.8 Å². The number of halogens is 1. The van der Waals surface area contributed by atoms with Crippen LogP contribution in [0.3, 0.4) is 0 Å². The lowest BCUT2D eigenvalue weighted by Gasteiger charge is -2.24. The number of hydrogen-bond acceptors (Lipinski definition) is 3. The molecule has 6 heteroatoms. The highest BCUT2D eigenvalue weighted by Crippen LogP contribution is 2.34. The Morgan fingerprint density at radius 3 is 2.78 bits per heavy atom. The summed E-state index contributed by atoms with van der Waals surface area (Å²) >= 11 is 1.44. The van der Waals surface area contributed by atoms with Gasteiger partial charge in [-0.3, -0.25) is 4.79 Å². The van der Waals surface area contributed by atoms with Crippen LogP contribution < -0.4 is 5.32 Å². The second-order valence-electron chi connectivity index (χ2n) is 8.77. The maximum atomic E-state index is 14.3. The molecule has 2 aromatic heterocycles. The standard InChI is InChI=1S/C26H32FN3OS/c1-3-4-14-28-25(31)21-15-24(30(18(21)2)16-19-10-6-5-7-11-19)23-17-32-26(29-23)20-12-8-9-13-22(20)27/h8-9,12-13,15,17,19H,3-7,10-11,14,16H2,1-2H3,(H,28,31). The molecule has 32 heavy (non-hydrogen) atoms. The minimum atomic E-state index is -0.266. The molecule has 0 bridgehead atoms. The molecular weight excluding hydrogens is 421 g/mol. The number of benzene rings is 1. The number of carbonyl (C=O) groups excluding carboxylic acids is 1. The van der Waals surface area contributed by atoms with Crippen LogP contribution in [0, 0.1) is 18.7 Å². The first kappa shape index (κ1) is 22.7. The van der Waals surface area contributed by atoms with Gasteiger partial charge in [-0.15, -0.1) is 11.3 Å². The summed E-state index contributed by atoms with van der Waals surface area (Å²) in [7, 11) is 0. The van der Waals surface area contributed by atoms with E-state index in [-0.39, 0.29) is 11.7 Å². The summed E-state index contributed by atoms with van der Waals surface area (Å²) < 4.78 is 16.6. The van der Waals surface area contributed by atoms with Gasteiger partial charge in [0.2, 0.25) is 0 Å². The molecule has 1 aromatic carbocycles. The number of hydrogen-bond donors (Lipinski definition) is 1. The summed E-state index contributed by atoms with van der Waals surface area (Å²) in [6, 6.07) is 8.71. The average molecular weight is 454 g/mol. The molecule has 4 rings (SSSR count). The Balaban J connectivity index is 1.68. The van der Waals surface area contributed by atoms with Crippen LogP contribution >= 0.6 is 11.3 Å². The van der Waals surface area contributed by atoms with Gasteiger partial charge in [0.1, 0.15) is 10.8 Å². The number of carbonyl (C=O) groups is 1. The van der Waals surface area contributed by atoms with E-state index in [1.54, 1.807) is 12.1 Å². The Morgan fingerprint density at radius 2 is 2.03 bits per heavy atom. The van der Waals surface area contributed by atoms with E-state index in [0.717, 1.165) is 36.5 Å². The molecular formula is C26H32FN3OS. The molecule has 0 radical (unpaired) electrons. The maximum absolute atomic E-state index is 14.3. The minimum absolute atomic E-state index is 0.0239. The predicted molar refractivity (Wildman–Crippen MR) is 129 cm³/mol. The van der Waals surface area contributed by atoms with E-state index in [0.29, 0.717) is 28.6 Å². The lowest BCUT2D eigenvalue weighted by Crippen LogP contribution is -2.25. The van der Waals surface area contributed by atoms with Gasteiger partial charge < -0.3 is 9.88 Å². The van der Waals surface area contributed by atoms with Crippen LogP contribution in [0.1, 0.15) is 67.9 Å². The fourth-order valence-electron chi connectivity index (χ4n) is 4.57. The van der Waals surface area contributed by atoms with Gasteiger partial charge in [-0.25, -0.2) is 9.37 Å². The van der Waals surface area contributed by atoms with E-state index < -0.39 is 0 Å². The fourth-order valence-corrected chi connectivity index (χ4v) is 5.41. The topological polar surface area (TPSA) is 46.9 Å². The van der Waals surface area contributed by atoms with Crippen LogP contribution in [0.5, 0.6) is 0 Å². The SMILES string of the molecule is CCCCNC(=O)c1cc(-c2csc(-c3ccccc3F)n2)n(CC2CCCCC2)c1C. The smallest absolute Gasteiger partial charge is 0.253 e. The second-order valence-corrected chi connectivity index (χ2v) is 9.63. The van der Waals surface area contributed by atoms with E-state index in [1.165, 1.54) is 49.5 Å². The first-order chi connectivity index (χ1) is 15.6. The summed E-state index contributed by atoms with van der Waals surface area (Å²) in [6.07, 6.45) is 8.34. The van der Waals surface area contributed by atoms with Gasteiger partial charge in [0, 0.05) is 29.7 Å². The van der Waals surface area contributed by atoms with E-state index in [4.69, 9.17) is 4.98 Å². The van der Waals surface area contributed by atoms with Crippen molar-refractivity contribution in [3.63, 3.8) is 0 Å². The van der Waals surface area contributed by atoms with Crippen LogP contribution in [0.2, 0.25) is 0 Å². The van der Waals surface area contributed by atoms with Gasteiger partial charge >= 0.3 is 0 Å². The molecule has 4 nitrogen and oxygen atoms in total. The molecule has 0 spiro atoms. The lowest BCUT2D eigenvalue weighted by molar-refractivity contribution is 0.0952. The molecule has 3 aromatic rings. The van der Waals surface area contributed by atoms with Gasteiger partial charge in [-0.2, -0.15) is 0 Å². The number of nitrogens with one attached hydrogen (secondary N) is 1. The van der Waals surface area contributed by atoms with Crippen molar-refractivity contribution in [2.75, 3.05) is 6.54 Å². The van der Waals surface area contributed by atoms with Crippen LogP contribution in [0.15, 0.2) is 35.7 Å². The summed E-state index contributed by atoms with van der Waals surface area (Å²) in [6.45, 7) is 5.73. The van der Waals surface area contributed by atoms with E-state index in [9.17, 15) is 9.18 Å². The minimum Gasteiger partial charge on any atom is -0.352 e. The number of aromatic nitrogens is 2. The summed E-state index contributed by atoms with van der Waals surface area (Å²) in [5, 5.41) is 5.70. The molecule has 0 atom stereocenters. The Labute approximate surface area is 193 Å². The molecule has 2 heterocycles. The van der Waals surface area contributed by atoms with E-state index in [1.807, 2.05) is 24.4 Å². The van der Waals surface area contributed by atoms with Gasteiger partial charge in [-0.1, -0.05) is 44.7 Å². The third-order valence-electron chi connectivity index (χ3n) is 6.46. The van der Waals surface area contributed by atoms with Crippen molar-refractivity contribution in [2.45, 2.75) is 65.3 Å². The largest absolute Gasteiger partial charge is 0.352 e. The first-order valence-electron chi connectivity index (χ1n) is 11.8. The van der Waals surface area contributed by atoms with Crippen molar-refractivity contribution in [1.82, 2.24) is 14.9 Å². The van der Waals surface area contributed by atoms with Gasteiger partial charge in [0.15, 0.2) is 0 Å². The Bertz CT molecular complexity index is 1060. The van der Waals surface area contributed by atoms with Gasteiger partial charge in [0.05, 0.1) is 17.0 Å². The zero-order valence-corrected chi connectivity index (χ0v) is 19.8. The van der Waals surface area contributed by atoms with Gasteiger partial charge in [-0.05, 0) is 50.3 Å². The monoisotopic (exact) mass is 453 g/mol. The predicted octanol–water partition coefficient (Wildman–Crippen LogP) is 6.84. The Kier molecular flexibility index (Phi) is 7.40. The summed E-state index contributed by atoms with van der Waals surface area (Å²) in [5.74, 6) is 0.330. The molecule has 0 aliphatic heterocycles. The molecule has 0 saturated heterocycles.